The van der Waals surface area contributed by atoms with E-state index in [0.29, 0.717) is 17.0 Å². The molecule has 3 aromatic carbocycles. The number of rotatable bonds is 4. The summed E-state index contributed by atoms with van der Waals surface area (Å²) in [5, 5.41) is 0. The van der Waals surface area contributed by atoms with E-state index < -0.39 is 17.9 Å². The number of hydrogen-bond acceptors (Lipinski definition) is 5. The Labute approximate surface area is 197 Å². The van der Waals surface area contributed by atoms with E-state index in [0.717, 1.165) is 11.1 Å². The lowest BCUT2D eigenvalue weighted by molar-refractivity contribution is -0.123. The standard InChI is InChI=1S/C28H22N2O4/c1-34-20-13-11-18(12-14-20)26(31)25-23-22(24-21-10-6-5-7-17(21)15-16-29(24)25)27(32)30(28(23)33)19-8-3-2-4-9-19/h2-16,22-25H,1H3/t22-,23+,24?,25-/m0/s1. The van der Waals surface area contributed by atoms with Crippen molar-refractivity contribution in [3.05, 3.63) is 102 Å². The van der Waals surface area contributed by atoms with E-state index in [1.54, 1.807) is 55.6 Å². The molecular weight excluding hydrogens is 428 g/mol. The number of anilines is 1. The number of carbonyl (C=O) groups is 3. The van der Waals surface area contributed by atoms with E-state index in [1.807, 2.05) is 47.5 Å². The number of imide groups is 1. The van der Waals surface area contributed by atoms with Crippen LogP contribution < -0.4 is 9.64 Å². The number of ether oxygens (including phenoxy) is 1. The zero-order valence-electron chi connectivity index (χ0n) is 18.5. The van der Waals surface area contributed by atoms with Crippen molar-refractivity contribution in [1.29, 1.82) is 0 Å². The molecule has 0 spiro atoms. The van der Waals surface area contributed by atoms with Crippen LogP contribution >= 0.6 is 0 Å². The van der Waals surface area contributed by atoms with Crippen molar-refractivity contribution in [1.82, 2.24) is 4.90 Å². The molecule has 0 N–H and O–H groups in total. The quantitative estimate of drug-likeness (QED) is 0.442. The summed E-state index contributed by atoms with van der Waals surface area (Å²) < 4.78 is 5.22. The van der Waals surface area contributed by atoms with Gasteiger partial charge in [0.05, 0.1) is 30.7 Å². The summed E-state index contributed by atoms with van der Waals surface area (Å²) in [6.45, 7) is 0. The Morgan fingerprint density at radius 1 is 0.824 bits per heavy atom. The Morgan fingerprint density at radius 2 is 1.50 bits per heavy atom. The Balaban J connectivity index is 1.48. The molecule has 0 saturated carbocycles. The van der Waals surface area contributed by atoms with Crippen molar-refractivity contribution in [3.8, 4) is 5.75 Å². The molecule has 0 aromatic heterocycles. The van der Waals surface area contributed by atoms with Gasteiger partial charge in [-0.3, -0.25) is 14.4 Å². The lowest BCUT2D eigenvalue weighted by Gasteiger charge is -2.35. The van der Waals surface area contributed by atoms with Gasteiger partial charge in [-0.2, -0.15) is 0 Å². The zero-order valence-corrected chi connectivity index (χ0v) is 18.5. The van der Waals surface area contributed by atoms with Gasteiger partial charge in [0, 0.05) is 11.8 Å². The predicted molar refractivity (Wildman–Crippen MR) is 127 cm³/mol. The lowest BCUT2D eigenvalue weighted by atomic mass is 9.83. The number of fused-ring (bicyclic) bond motifs is 5. The highest BCUT2D eigenvalue weighted by atomic mass is 16.5. The lowest BCUT2D eigenvalue weighted by Crippen LogP contribution is -2.44. The van der Waals surface area contributed by atoms with Crippen molar-refractivity contribution in [2.75, 3.05) is 12.0 Å². The molecule has 2 amide bonds. The first-order valence-electron chi connectivity index (χ1n) is 11.3. The Hall–Kier alpha value is -4.19. The summed E-state index contributed by atoms with van der Waals surface area (Å²) >= 11 is 0. The van der Waals surface area contributed by atoms with Gasteiger partial charge in [0.2, 0.25) is 11.8 Å². The molecule has 168 valence electrons. The highest BCUT2D eigenvalue weighted by Crippen LogP contribution is 2.53. The number of amides is 2. The van der Waals surface area contributed by atoms with Gasteiger partial charge in [-0.25, -0.2) is 4.90 Å². The highest BCUT2D eigenvalue weighted by Gasteiger charge is 2.64. The molecule has 0 bridgehead atoms. The smallest absolute Gasteiger partial charge is 0.240 e. The fourth-order valence-corrected chi connectivity index (χ4v) is 5.61. The van der Waals surface area contributed by atoms with Crippen LogP contribution in [0, 0.1) is 11.8 Å². The summed E-state index contributed by atoms with van der Waals surface area (Å²) in [6, 6.07) is 22.5. The van der Waals surface area contributed by atoms with Crippen molar-refractivity contribution >= 4 is 29.4 Å². The molecule has 6 heteroatoms. The third kappa shape index (κ3) is 2.85. The molecule has 3 heterocycles. The van der Waals surface area contributed by atoms with Gasteiger partial charge < -0.3 is 9.64 Å². The molecule has 3 aliphatic heterocycles. The molecule has 0 aliphatic carbocycles. The molecule has 2 fully saturated rings. The molecule has 3 aromatic rings. The molecule has 2 saturated heterocycles. The second kappa shape index (κ2) is 7.70. The Morgan fingerprint density at radius 3 is 2.24 bits per heavy atom. The maximum Gasteiger partial charge on any atom is 0.240 e. The fourth-order valence-electron chi connectivity index (χ4n) is 5.61. The maximum absolute atomic E-state index is 13.9. The molecule has 3 aliphatic rings. The molecular formula is C28H22N2O4. The SMILES string of the molecule is COc1ccc(C(=O)[C@@H]2[C@@H]3C(=O)N(c4ccccc4)C(=O)[C@@H]3C3c4ccccc4C=CN32)cc1. The maximum atomic E-state index is 13.9. The van der Waals surface area contributed by atoms with Crippen LogP contribution in [0.15, 0.2) is 85.1 Å². The molecule has 0 radical (unpaired) electrons. The number of carbonyl (C=O) groups excluding carboxylic acids is 3. The predicted octanol–water partition coefficient (Wildman–Crippen LogP) is 4.09. The minimum Gasteiger partial charge on any atom is -0.497 e. The first-order valence-corrected chi connectivity index (χ1v) is 11.3. The van der Waals surface area contributed by atoms with E-state index in [2.05, 4.69) is 0 Å². The van der Waals surface area contributed by atoms with Gasteiger partial charge in [0.15, 0.2) is 5.78 Å². The van der Waals surface area contributed by atoms with Crippen LogP contribution in [-0.4, -0.2) is 35.6 Å². The number of ketones is 1. The highest BCUT2D eigenvalue weighted by molar-refractivity contribution is 6.24. The molecule has 6 nitrogen and oxygen atoms in total. The van der Waals surface area contributed by atoms with E-state index in [1.165, 1.54) is 4.90 Å². The number of hydrogen-bond donors (Lipinski definition) is 0. The van der Waals surface area contributed by atoms with E-state index in [4.69, 9.17) is 4.74 Å². The van der Waals surface area contributed by atoms with Gasteiger partial charge in [0.1, 0.15) is 11.8 Å². The number of methoxy groups -OCH3 is 1. The second-order valence-corrected chi connectivity index (χ2v) is 8.77. The molecule has 1 unspecified atom stereocenters. The monoisotopic (exact) mass is 450 g/mol. The van der Waals surface area contributed by atoms with Gasteiger partial charge >= 0.3 is 0 Å². The van der Waals surface area contributed by atoms with Crippen LogP contribution in [0.3, 0.4) is 0 Å². The average molecular weight is 450 g/mol. The second-order valence-electron chi connectivity index (χ2n) is 8.77. The number of Topliss-reactive ketones (excluding diaryl/α,β-unsaturated/α-hetero) is 1. The van der Waals surface area contributed by atoms with E-state index in [-0.39, 0.29) is 23.6 Å². The van der Waals surface area contributed by atoms with Gasteiger partial charge in [-0.05, 0) is 53.6 Å². The number of nitrogens with zero attached hydrogens (tertiary/aromatic N) is 2. The van der Waals surface area contributed by atoms with Crippen molar-refractivity contribution < 1.29 is 19.1 Å². The third-order valence-corrected chi connectivity index (χ3v) is 7.12. The molecule has 6 rings (SSSR count). The summed E-state index contributed by atoms with van der Waals surface area (Å²) in [5.41, 5.74) is 2.98. The summed E-state index contributed by atoms with van der Waals surface area (Å²) in [4.78, 5) is 44.6. The van der Waals surface area contributed by atoms with Crippen molar-refractivity contribution in [2.45, 2.75) is 12.1 Å². The number of benzene rings is 3. The van der Waals surface area contributed by atoms with Gasteiger partial charge in [-0.15, -0.1) is 0 Å². The Bertz CT molecular complexity index is 1330. The minimum absolute atomic E-state index is 0.180. The zero-order chi connectivity index (χ0) is 23.4. The minimum atomic E-state index is -0.779. The van der Waals surface area contributed by atoms with Crippen LogP contribution in [0.5, 0.6) is 5.75 Å². The largest absolute Gasteiger partial charge is 0.497 e. The van der Waals surface area contributed by atoms with Crippen molar-refractivity contribution in [3.63, 3.8) is 0 Å². The van der Waals surface area contributed by atoms with Crippen LogP contribution in [0.25, 0.3) is 6.08 Å². The third-order valence-electron chi connectivity index (χ3n) is 7.12. The average Bonchev–Trinajstić information content (AvgIpc) is 3.36. The van der Waals surface area contributed by atoms with Gasteiger partial charge in [-0.1, -0.05) is 42.5 Å². The van der Waals surface area contributed by atoms with E-state index in [9.17, 15) is 14.4 Å². The summed E-state index contributed by atoms with van der Waals surface area (Å²) in [6.07, 6.45) is 3.82. The molecule has 34 heavy (non-hydrogen) atoms. The molecule has 4 atom stereocenters. The van der Waals surface area contributed by atoms with Crippen molar-refractivity contribution in [2.24, 2.45) is 11.8 Å². The Kier molecular flexibility index (Phi) is 4.62. The summed E-state index contributed by atoms with van der Waals surface area (Å²) in [7, 11) is 1.57. The van der Waals surface area contributed by atoms with Crippen LogP contribution in [0.4, 0.5) is 5.69 Å². The van der Waals surface area contributed by atoms with Crippen LogP contribution in [-0.2, 0) is 9.59 Å². The van der Waals surface area contributed by atoms with Gasteiger partial charge in [0.25, 0.3) is 0 Å². The fraction of sp³-hybridized carbons (Fsp3) is 0.179. The first-order chi connectivity index (χ1) is 16.6. The van der Waals surface area contributed by atoms with E-state index >= 15 is 0 Å². The topological polar surface area (TPSA) is 66.9 Å². The number of para-hydroxylation sites is 1. The normalized spacial score (nSPS) is 24.6. The van der Waals surface area contributed by atoms with Crippen LogP contribution in [0.2, 0.25) is 0 Å². The first kappa shape index (κ1) is 20.4. The summed E-state index contributed by atoms with van der Waals surface area (Å²) in [5.74, 6) is -1.54. The van der Waals surface area contributed by atoms with Crippen LogP contribution in [0.1, 0.15) is 27.5 Å².